The zero-order valence-electron chi connectivity index (χ0n) is 21.0. The molecule has 1 saturated heterocycles. The molecule has 2 aromatic carbocycles. The van der Waals surface area contributed by atoms with Crippen LogP contribution >= 0.6 is 12.2 Å². The van der Waals surface area contributed by atoms with Crippen LogP contribution in [-0.2, 0) is 9.59 Å². The third kappa shape index (κ3) is 4.05. The van der Waals surface area contributed by atoms with Crippen molar-refractivity contribution in [3.63, 3.8) is 0 Å². The van der Waals surface area contributed by atoms with Crippen LogP contribution in [0.3, 0.4) is 0 Å². The van der Waals surface area contributed by atoms with Crippen molar-refractivity contribution in [3.8, 4) is 0 Å². The van der Waals surface area contributed by atoms with Crippen LogP contribution in [0.25, 0.3) is 6.08 Å². The monoisotopic (exact) mass is 475 g/mol. The minimum atomic E-state index is -0.463. The molecule has 2 aromatic rings. The maximum Gasteiger partial charge on any atom is 0.270 e. The third-order valence-electron chi connectivity index (χ3n) is 6.94. The van der Waals surface area contributed by atoms with Crippen LogP contribution in [0.2, 0.25) is 0 Å². The van der Waals surface area contributed by atoms with Crippen molar-refractivity contribution in [2.24, 2.45) is 0 Å². The normalized spacial score (nSPS) is 21.2. The zero-order valence-corrected chi connectivity index (χ0v) is 21.8. The van der Waals surface area contributed by atoms with Gasteiger partial charge in [0.2, 0.25) is 0 Å². The highest BCUT2D eigenvalue weighted by atomic mass is 32.1. The number of fused-ring (bicyclic) bond motifs is 1. The van der Waals surface area contributed by atoms with E-state index < -0.39 is 11.8 Å². The van der Waals surface area contributed by atoms with E-state index in [9.17, 15) is 9.59 Å². The molecule has 0 radical (unpaired) electrons. The summed E-state index contributed by atoms with van der Waals surface area (Å²) >= 11 is 5.36. The minimum absolute atomic E-state index is 0.0516. The van der Waals surface area contributed by atoms with Crippen molar-refractivity contribution < 1.29 is 9.59 Å². The predicted molar refractivity (Wildman–Crippen MR) is 143 cm³/mol. The molecule has 2 aliphatic rings. The van der Waals surface area contributed by atoms with Gasteiger partial charge < -0.3 is 4.90 Å². The summed E-state index contributed by atoms with van der Waals surface area (Å²) in [4.78, 5) is 30.2. The third-order valence-corrected chi connectivity index (χ3v) is 7.22. The molecule has 0 unspecified atom stereocenters. The fourth-order valence-electron chi connectivity index (χ4n) is 5.59. The molecule has 2 amide bonds. The lowest BCUT2D eigenvalue weighted by atomic mass is 9.78. The first-order chi connectivity index (χ1) is 15.9. The van der Waals surface area contributed by atoms with Crippen LogP contribution in [0.4, 0.5) is 11.4 Å². The number of carbonyl (C=O) groups excluding carboxylic acids is 2. The molecule has 4 rings (SSSR count). The number of nitrogens with zero attached hydrogens (tertiary/aromatic N) is 2. The SMILES string of the molecule is Cc1cc2c(cc1/C=C1\C(=O)NC(=S)N(c3ccccc3C)C1=O)[C@H](C)CC(C)(C)N2C(C)C. The number of amides is 2. The summed E-state index contributed by atoms with van der Waals surface area (Å²) in [6.07, 6.45) is 2.75. The van der Waals surface area contributed by atoms with Gasteiger partial charge in [-0.2, -0.15) is 0 Å². The maximum absolute atomic E-state index is 13.5. The fraction of sp³-hybridized carbons (Fsp3) is 0.393. The summed E-state index contributed by atoms with van der Waals surface area (Å²) in [5.41, 5.74) is 6.11. The molecule has 0 bridgehead atoms. The standard InChI is InChI=1S/C28H33N3O2S/c1-16(2)31-24-12-18(4)20(13-21(24)19(5)15-28(31,6)7)14-22-25(32)29-27(34)30(26(22)33)23-11-9-8-10-17(23)3/h8-14,16,19H,15H2,1-7H3,(H,29,32,34)/b22-14+/t19-/m1/s1. The van der Waals surface area contributed by atoms with Gasteiger partial charge in [-0.05, 0) is 113 Å². The predicted octanol–water partition coefficient (Wildman–Crippen LogP) is 5.64. The molecule has 6 heteroatoms. The first kappa shape index (κ1) is 24.1. The van der Waals surface area contributed by atoms with E-state index in [1.54, 1.807) is 6.08 Å². The number of hydrogen-bond acceptors (Lipinski definition) is 4. The van der Waals surface area contributed by atoms with Gasteiger partial charge in [0.1, 0.15) is 5.57 Å². The van der Waals surface area contributed by atoms with Crippen molar-refractivity contribution in [1.29, 1.82) is 0 Å². The van der Waals surface area contributed by atoms with Crippen molar-refractivity contribution in [1.82, 2.24) is 5.32 Å². The first-order valence-corrected chi connectivity index (χ1v) is 12.2. The number of anilines is 2. The number of thiocarbonyl (C=S) groups is 1. The number of rotatable bonds is 3. The van der Waals surface area contributed by atoms with Gasteiger partial charge in [0, 0.05) is 17.3 Å². The van der Waals surface area contributed by atoms with Crippen LogP contribution in [0.15, 0.2) is 42.0 Å². The second-order valence-corrected chi connectivity index (χ2v) is 10.8. The van der Waals surface area contributed by atoms with E-state index in [2.05, 4.69) is 57.0 Å². The number of para-hydroxylation sites is 1. The quantitative estimate of drug-likeness (QED) is 0.355. The maximum atomic E-state index is 13.5. The number of nitrogens with one attached hydrogen (secondary N) is 1. The minimum Gasteiger partial charge on any atom is -0.364 e. The van der Waals surface area contributed by atoms with E-state index in [0.29, 0.717) is 17.6 Å². The second-order valence-electron chi connectivity index (χ2n) is 10.4. The molecule has 1 fully saturated rings. The smallest absolute Gasteiger partial charge is 0.270 e. The lowest BCUT2D eigenvalue weighted by molar-refractivity contribution is -0.122. The molecule has 5 nitrogen and oxygen atoms in total. The van der Waals surface area contributed by atoms with E-state index in [1.165, 1.54) is 16.2 Å². The molecule has 2 heterocycles. The molecule has 0 aliphatic carbocycles. The first-order valence-electron chi connectivity index (χ1n) is 11.8. The Hall–Kier alpha value is -2.99. The topological polar surface area (TPSA) is 52.7 Å². The fourth-order valence-corrected chi connectivity index (χ4v) is 5.87. The highest BCUT2D eigenvalue weighted by Crippen LogP contribution is 2.45. The molecule has 0 spiro atoms. The van der Waals surface area contributed by atoms with Gasteiger partial charge in [-0.1, -0.05) is 25.1 Å². The number of carbonyl (C=O) groups is 2. The Balaban J connectivity index is 1.80. The van der Waals surface area contributed by atoms with Crippen molar-refractivity contribution in [3.05, 3.63) is 64.2 Å². The molecule has 34 heavy (non-hydrogen) atoms. The molecule has 178 valence electrons. The van der Waals surface area contributed by atoms with Crippen LogP contribution in [0.1, 0.15) is 69.2 Å². The van der Waals surface area contributed by atoms with Crippen molar-refractivity contribution in [2.75, 3.05) is 9.80 Å². The van der Waals surface area contributed by atoms with Gasteiger partial charge in [0.15, 0.2) is 5.11 Å². The largest absolute Gasteiger partial charge is 0.364 e. The Labute approximate surface area is 207 Å². The number of benzene rings is 2. The molecule has 2 aliphatic heterocycles. The Morgan fingerprint density at radius 1 is 1.09 bits per heavy atom. The Kier molecular flexibility index (Phi) is 6.15. The molecule has 0 saturated carbocycles. The van der Waals surface area contributed by atoms with Crippen LogP contribution in [0, 0.1) is 13.8 Å². The molecule has 1 atom stereocenters. The number of hydrogen-bond donors (Lipinski definition) is 1. The van der Waals surface area contributed by atoms with Crippen LogP contribution in [0.5, 0.6) is 0 Å². The van der Waals surface area contributed by atoms with E-state index >= 15 is 0 Å². The van der Waals surface area contributed by atoms with E-state index in [4.69, 9.17) is 12.2 Å². The molecular formula is C28H33N3O2S. The van der Waals surface area contributed by atoms with Gasteiger partial charge in [0.25, 0.3) is 11.8 Å². The van der Waals surface area contributed by atoms with Gasteiger partial charge >= 0.3 is 0 Å². The van der Waals surface area contributed by atoms with Gasteiger partial charge in [-0.3, -0.25) is 19.8 Å². The zero-order chi connectivity index (χ0) is 24.9. The van der Waals surface area contributed by atoms with Crippen molar-refractivity contribution in [2.45, 2.75) is 72.4 Å². The molecule has 0 aromatic heterocycles. The Morgan fingerprint density at radius 2 is 1.76 bits per heavy atom. The summed E-state index contributed by atoms with van der Waals surface area (Å²) in [5, 5.41) is 2.80. The Bertz CT molecular complexity index is 1230. The van der Waals surface area contributed by atoms with E-state index in [-0.39, 0.29) is 16.2 Å². The van der Waals surface area contributed by atoms with Gasteiger partial charge in [-0.15, -0.1) is 0 Å². The summed E-state index contributed by atoms with van der Waals surface area (Å²) in [6, 6.07) is 12.2. The Morgan fingerprint density at radius 3 is 2.41 bits per heavy atom. The van der Waals surface area contributed by atoms with E-state index in [0.717, 1.165) is 23.1 Å². The number of aryl methyl sites for hydroxylation is 2. The van der Waals surface area contributed by atoms with Crippen LogP contribution in [-0.4, -0.2) is 28.5 Å². The average molecular weight is 476 g/mol. The van der Waals surface area contributed by atoms with Crippen molar-refractivity contribution >= 4 is 46.6 Å². The second kappa shape index (κ2) is 8.66. The summed E-state index contributed by atoms with van der Waals surface area (Å²) in [5.74, 6) is -0.502. The molecular weight excluding hydrogens is 442 g/mol. The summed E-state index contributed by atoms with van der Waals surface area (Å²) in [6.45, 7) is 15.2. The van der Waals surface area contributed by atoms with Gasteiger partial charge in [0.05, 0.1) is 5.69 Å². The molecule has 1 N–H and O–H groups in total. The lowest BCUT2D eigenvalue weighted by Crippen LogP contribution is -2.54. The average Bonchev–Trinajstić information content (AvgIpc) is 2.72. The van der Waals surface area contributed by atoms with E-state index in [1.807, 2.05) is 38.1 Å². The summed E-state index contributed by atoms with van der Waals surface area (Å²) in [7, 11) is 0. The summed E-state index contributed by atoms with van der Waals surface area (Å²) < 4.78 is 0. The lowest BCUT2D eigenvalue weighted by Gasteiger charge is -2.50. The highest BCUT2D eigenvalue weighted by Gasteiger charge is 2.39. The van der Waals surface area contributed by atoms with Gasteiger partial charge in [-0.25, -0.2) is 0 Å². The van der Waals surface area contributed by atoms with Crippen LogP contribution < -0.4 is 15.1 Å². The highest BCUT2D eigenvalue weighted by molar-refractivity contribution is 7.80.